The van der Waals surface area contributed by atoms with Gasteiger partial charge in [0.25, 0.3) is 5.91 Å². The van der Waals surface area contributed by atoms with Gasteiger partial charge in [-0.15, -0.1) is 0 Å². The predicted octanol–water partition coefficient (Wildman–Crippen LogP) is 5.95. The molecule has 1 fully saturated rings. The molecule has 0 radical (unpaired) electrons. The van der Waals surface area contributed by atoms with Crippen LogP contribution >= 0.6 is 43.6 Å². The van der Waals surface area contributed by atoms with Gasteiger partial charge in [0.15, 0.2) is 16.7 Å². The molecule has 0 unspecified atom stereocenters. The van der Waals surface area contributed by atoms with Gasteiger partial charge in [0, 0.05) is 11.0 Å². The van der Waals surface area contributed by atoms with Crippen LogP contribution in [0.3, 0.4) is 0 Å². The molecule has 9 heteroatoms. The van der Waals surface area contributed by atoms with Crippen molar-refractivity contribution in [3.63, 3.8) is 0 Å². The summed E-state index contributed by atoms with van der Waals surface area (Å²) in [5, 5.41) is 10.8. The molecule has 1 amide bonds. The lowest BCUT2D eigenvalue weighted by Crippen LogP contribution is -2.28. The monoisotopic (exact) mass is 554 g/mol. The van der Waals surface area contributed by atoms with Crippen molar-refractivity contribution < 1.29 is 19.4 Å². The van der Waals surface area contributed by atoms with Crippen LogP contribution in [0.15, 0.2) is 49.2 Å². The van der Waals surface area contributed by atoms with Gasteiger partial charge in [0.1, 0.15) is 5.75 Å². The second-order valence-corrected chi connectivity index (χ2v) is 8.72. The van der Waals surface area contributed by atoms with E-state index in [1.54, 1.807) is 24.2 Å². The maximum Gasteiger partial charge on any atom is 0.266 e. The van der Waals surface area contributed by atoms with Gasteiger partial charge in [-0.1, -0.05) is 0 Å². The molecule has 3 rings (SSSR count). The number of carbonyl (C=O) groups excluding carboxylic acids is 1. The van der Waals surface area contributed by atoms with Crippen LogP contribution in [0.1, 0.15) is 19.4 Å². The van der Waals surface area contributed by atoms with Gasteiger partial charge in [-0.2, -0.15) is 0 Å². The van der Waals surface area contributed by atoms with Crippen LogP contribution in [0, 0.1) is 0 Å². The van der Waals surface area contributed by atoms with E-state index in [0.29, 0.717) is 43.5 Å². The van der Waals surface area contributed by atoms with Gasteiger partial charge in [0.05, 0.1) is 28.8 Å². The minimum atomic E-state index is -0.121. The molecule has 1 aliphatic heterocycles. The van der Waals surface area contributed by atoms with Crippen molar-refractivity contribution in [2.45, 2.75) is 13.8 Å². The standard InChI is InChI=1S/C21H20Br2N2O4S/c1-4-25-20(27)16(30-21(25)24-13-6-8-14(28-3)9-7-13)11-12-10-15(29-5-2)19(26)18(23)17(12)22/h6-11,26H,4-5H2,1-3H3/b16-11+,24-21?. The summed E-state index contributed by atoms with van der Waals surface area (Å²) < 4.78 is 11.8. The first-order valence-corrected chi connectivity index (χ1v) is 11.6. The quantitative estimate of drug-likeness (QED) is 0.446. The fourth-order valence-electron chi connectivity index (χ4n) is 2.76. The number of methoxy groups -OCH3 is 1. The number of phenolic OH excluding ortho intramolecular Hbond substituents is 1. The number of amides is 1. The Kier molecular flexibility index (Phi) is 7.49. The van der Waals surface area contributed by atoms with Gasteiger partial charge in [-0.05, 0) is 99.4 Å². The maximum atomic E-state index is 12.9. The molecule has 1 saturated heterocycles. The highest BCUT2D eigenvalue weighted by Crippen LogP contribution is 2.44. The molecule has 0 saturated carbocycles. The van der Waals surface area contributed by atoms with Crippen LogP contribution in [0.25, 0.3) is 6.08 Å². The summed E-state index contributed by atoms with van der Waals surface area (Å²) in [5.41, 5.74) is 1.44. The first kappa shape index (κ1) is 22.7. The van der Waals surface area contributed by atoms with Crippen molar-refractivity contribution in [3.05, 3.63) is 49.7 Å². The zero-order valence-corrected chi connectivity index (χ0v) is 20.6. The summed E-state index contributed by atoms with van der Waals surface area (Å²) in [5.74, 6) is 0.973. The Morgan fingerprint density at radius 3 is 2.50 bits per heavy atom. The van der Waals surface area contributed by atoms with Gasteiger partial charge < -0.3 is 14.6 Å². The van der Waals surface area contributed by atoms with E-state index in [1.807, 2.05) is 38.1 Å². The lowest BCUT2D eigenvalue weighted by molar-refractivity contribution is -0.122. The van der Waals surface area contributed by atoms with E-state index in [0.717, 1.165) is 11.4 Å². The van der Waals surface area contributed by atoms with Gasteiger partial charge in [-0.3, -0.25) is 9.69 Å². The highest BCUT2D eigenvalue weighted by Gasteiger charge is 2.32. The number of aromatic hydroxyl groups is 1. The van der Waals surface area contributed by atoms with Gasteiger partial charge in [-0.25, -0.2) is 4.99 Å². The largest absolute Gasteiger partial charge is 0.503 e. The average Bonchev–Trinajstić information content (AvgIpc) is 3.04. The molecule has 6 nitrogen and oxygen atoms in total. The van der Waals surface area contributed by atoms with Crippen LogP contribution in [0.5, 0.6) is 17.2 Å². The SMILES string of the molecule is CCOc1cc(/C=C2/SC(=Nc3ccc(OC)cc3)N(CC)C2=O)c(Br)c(Br)c1O. The number of phenols is 1. The number of carbonyl (C=O) groups is 1. The number of thioether (sulfide) groups is 1. The first-order valence-electron chi connectivity index (χ1n) is 9.17. The Bertz CT molecular complexity index is 1020. The molecule has 1 aliphatic rings. The molecule has 0 spiro atoms. The van der Waals surface area contributed by atoms with Crippen LogP contribution in [-0.2, 0) is 4.79 Å². The summed E-state index contributed by atoms with van der Waals surface area (Å²) in [4.78, 5) is 19.7. The van der Waals surface area contributed by atoms with E-state index in [-0.39, 0.29) is 11.7 Å². The minimum Gasteiger partial charge on any atom is -0.503 e. The van der Waals surface area contributed by atoms with Crippen molar-refractivity contribution in [3.8, 4) is 17.2 Å². The van der Waals surface area contributed by atoms with Crippen molar-refractivity contribution in [1.29, 1.82) is 0 Å². The zero-order valence-electron chi connectivity index (χ0n) is 16.6. The number of hydrogen-bond acceptors (Lipinski definition) is 6. The third-order valence-corrected chi connectivity index (χ3v) is 7.43. The summed E-state index contributed by atoms with van der Waals surface area (Å²) in [7, 11) is 1.61. The number of ether oxygens (including phenoxy) is 2. The smallest absolute Gasteiger partial charge is 0.266 e. The van der Waals surface area contributed by atoms with Crippen molar-refractivity contribution >= 4 is 66.5 Å². The Balaban J connectivity index is 1.98. The highest BCUT2D eigenvalue weighted by molar-refractivity contribution is 9.13. The molecule has 0 bridgehead atoms. The Morgan fingerprint density at radius 1 is 1.20 bits per heavy atom. The van der Waals surface area contributed by atoms with Crippen molar-refractivity contribution in [2.75, 3.05) is 20.3 Å². The maximum absolute atomic E-state index is 12.9. The highest BCUT2D eigenvalue weighted by atomic mass is 79.9. The normalized spacial score (nSPS) is 16.6. The number of rotatable bonds is 6. The average molecular weight is 556 g/mol. The number of hydrogen-bond donors (Lipinski definition) is 1. The first-order chi connectivity index (χ1) is 14.4. The zero-order chi connectivity index (χ0) is 21.8. The lowest BCUT2D eigenvalue weighted by Gasteiger charge is -2.12. The van der Waals surface area contributed by atoms with E-state index in [9.17, 15) is 9.90 Å². The predicted molar refractivity (Wildman–Crippen MR) is 128 cm³/mol. The molecular weight excluding hydrogens is 536 g/mol. The summed E-state index contributed by atoms with van der Waals surface area (Å²) in [6, 6.07) is 9.04. The topological polar surface area (TPSA) is 71.4 Å². The van der Waals surface area contributed by atoms with Crippen LogP contribution < -0.4 is 9.47 Å². The third kappa shape index (κ3) is 4.68. The van der Waals surface area contributed by atoms with Crippen LogP contribution in [-0.4, -0.2) is 41.3 Å². The Hall–Kier alpha value is -1.97. The fraction of sp³-hybridized carbons (Fsp3) is 0.238. The molecule has 158 valence electrons. The van der Waals surface area contributed by atoms with Crippen LogP contribution in [0.4, 0.5) is 5.69 Å². The molecular formula is C21H20Br2N2O4S. The van der Waals surface area contributed by atoms with Crippen molar-refractivity contribution in [2.24, 2.45) is 4.99 Å². The second-order valence-electron chi connectivity index (χ2n) is 6.13. The molecule has 0 atom stereocenters. The number of aliphatic imine (C=N–C) groups is 1. The molecule has 30 heavy (non-hydrogen) atoms. The summed E-state index contributed by atoms with van der Waals surface area (Å²) in [6.45, 7) is 4.66. The molecule has 2 aromatic carbocycles. The van der Waals surface area contributed by atoms with E-state index in [1.165, 1.54) is 11.8 Å². The van der Waals surface area contributed by atoms with E-state index >= 15 is 0 Å². The number of nitrogens with zero attached hydrogens (tertiary/aromatic N) is 2. The molecule has 1 heterocycles. The third-order valence-electron chi connectivity index (χ3n) is 4.26. The van der Waals surface area contributed by atoms with Crippen molar-refractivity contribution in [1.82, 2.24) is 4.90 Å². The molecule has 0 aliphatic carbocycles. The lowest BCUT2D eigenvalue weighted by atomic mass is 10.2. The fourth-order valence-corrected chi connectivity index (χ4v) is 4.66. The second kappa shape index (κ2) is 9.89. The van der Waals surface area contributed by atoms with E-state index in [4.69, 9.17) is 9.47 Å². The molecule has 0 aromatic heterocycles. The Morgan fingerprint density at radius 2 is 1.90 bits per heavy atom. The van der Waals surface area contributed by atoms with Gasteiger partial charge in [0.2, 0.25) is 0 Å². The van der Waals surface area contributed by atoms with E-state index < -0.39 is 0 Å². The number of amidine groups is 1. The van der Waals surface area contributed by atoms with E-state index in [2.05, 4.69) is 36.9 Å². The summed E-state index contributed by atoms with van der Waals surface area (Å²) in [6.07, 6.45) is 1.77. The number of likely N-dealkylation sites (N-methyl/N-ethyl adjacent to an activating group) is 1. The Labute approximate surface area is 196 Å². The number of benzene rings is 2. The summed E-state index contributed by atoms with van der Waals surface area (Å²) >= 11 is 8.15. The van der Waals surface area contributed by atoms with Crippen LogP contribution in [0.2, 0.25) is 0 Å². The number of halogens is 2. The molecule has 1 N–H and O–H groups in total. The minimum absolute atomic E-state index is 0.00761. The van der Waals surface area contributed by atoms with Gasteiger partial charge >= 0.3 is 0 Å². The molecule has 2 aromatic rings.